The van der Waals surface area contributed by atoms with Crippen LogP contribution in [0.4, 0.5) is 5.82 Å². The summed E-state index contributed by atoms with van der Waals surface area (Å²) in [5.74, 6) is 1.36. The largest absolute Gasteiger partial charge is 0.376 e. The van der Waals surface area contributed by atoms with Crippen molar-refractivity contribution in [2.75, 3.05) is 24.6 Å². The van der Waals surface area contributed by atoms with Crippen LogP contribution in [-0.2, 0) is 9.53 Å². The van der Waals surface area contributed by atoms with Crippen LogP contribution in [0.5, 0.6) is 0 Å². The highest BCUT2D eigenvalue weighted by atomic mass is 16.5. The predicted molar refractivity (Wildman–Crippen MR) is 90.7 cm³/mol. The lowest BCUT2D eigenvalue weighted by Gasteiger charge is -2.40. The molecule has 3 aliphatic rings. The molecule has 130 valence electrons. The number of nitrogens with one attached hydrogen (secondary N) is 1. The zero-order valence-electron chi connectivity index (χ0n) is 14.3. The maximum absolute atomic E-state index is 12.9. The molecule has 0 aromatic carbocycles. The number of aryl methyl sites for hydroxylation is 1. The molecule has 2 saturated heterocycles. The molecule has 6 heteroatoms. The SMILES string of the molecule is Cc1ccc(N2C[C@@H]3OCC[C@@H]3[C@H](C(=O)NC3CCCC3)C2)nn1. The van der Waals surface area contributed by atoms with Gasteiger partial charge in [0.1, 0.15) is 0 Å². The monoisotopic (exact) mass is 330 g/mol. The summed E-state index contributed by atoms with van der Waals surface area (Å²) in [6.07, 6.45) is 5.82. The summed E-state index contributed by atoms with van der Waals surface area (Å²) in [5.41, 5.74) is 0.904. The molecule has 0 unspecified atom stereocenters. The topological polar surface area (TPSA) is 67.3 Å². The fraction of sp³-hybridized carbons (Fsp3) is 0.722. The predicted octanol–water partition coefficient (Wildman–Crippen LogP) is 1.69. The number of aromatic nitrogens is 2. The number of rotatable bonds is 3. The Bertz CT molecular complexity index is 585. The molecule has 2 aliphatic heterocycles. The van der Waals surface area contributed by atoms with Gasteiger partial charge in [0.2, 0.25) is 5.91 Å². The normalized spacial score (nSPS) is 30.4. The number of hydrogen-bond acceptors (Lipinski definition) is 5. The summed E-state index contributed by atoms with van der Waals surface area (Å²) in [7, 11) is 0. The lowest BCUT2D eigenvalue weighted by Crippen LogP contribution is -2.54. The Morgan fingerprint density at radius 3 is 2.79 bits per heavy atom. The molecule has 6 nitrogen and oxygen atoms in total. The average Bonchev–Trinajstić information content (AvgIpc) is 3.25. The lowest BCUT2D eigenvalue weighted by atomic mass is 9.82. The molecule has 0 spiro atoms. The fourth-order valence-electron chi connectivity index (χ4n) is 4.38. The van der Waals surface area contributed by atoms with Crippen molar-refractivity contribution in [2.45, 2.75) is 51.2 Å². The molecule has 1 saturated carbocycles. The van der Waals surface area contributed by atoms with Crippen LogP contribution in [0.1, 0.15) is 37.8 Å². The van der Waals surface area contributed by atoms with Gasteiger partial charge in [-0.15, -0.1) is 5.10 Å². The average molecular weight is 330 g/mol. The number of carbonyl (C=O) groups is 1. The van der Waals surface area contributed by atoms with Crippen LogP contribution in [0.15, 0.2) is 12.1 Å². The number of carbonyl (C=O) groups excluding carboxylic acids is 1. The molecular weight excluding hydrogens is 304 g/mol. The Hall–Kier alpha value is -1.69. The molecule has 4 rings (SSSR count). The van der Waals surface area contributed by atoms with Crippen LogP contribution in [0.2, 0.25) is 0 Å². The van der Waals surface area contributed by atoms with Gasteiger partial charge in [-0.1, -0.05) is 12.8 Å². The van der Waals surface area contributed by atoms with Gasteiger partial charge in [-0.3, -0.25) is 4.79 Å². The van der Waals surface area contributed by atoms with Crippen LogP contribution in [0.3, 0.4) is 0 Å². The molecule has 1 aliphatic carbocycles. The molecular formula is C18H26N4O2. The van der Waals surface area contributed by atoms with E-state index in [1.54, 1.807) is 0 Å². The standard InChI is InChI=1S/C18H26N4O2/c1-12-6-7-17(21-20-12)22-10-15(14-8-9-24-16(14)11-22)18(23)19-13-4-2-3-5-13/h6-7,13-16H,2-5,8-11H2,1H3,(H,19,23)/t14-,15-,16+/m1/s1. The summed E-state index contributed by atoms with van der Waals surface area (Å²) in [5, 5.41) is 11.7. The van der Waals surface area contributed by atoms with Gasteiger partial charge in [0.25, 0.3) is 0 Å². The van der Waals surface area contributed by atoms with Gasteiger partial charge >= 0.3 is 0 Å². The first-order chi connectivity index (χ1) is 11.7. The third-order valence-corrected chi connectivity index (χ3v) is 5.74. The zero-order valence-corrected chi connectivity index (χ0v) is 14.3. The minimum atomic E-state index is -0.0186. The molecule has 1 N–H and O–H groups in total. The van der Waals surface area contributed by atoms with E-state index in [1.165, 1.54) is 12.8 Å². The first kappa shape index (κ1) is 15.8. The van der Waals surface area contributed by atoms with E-state index in [4.69, 9.17) is 4.74 Å². The molecule has 0 bridgehead atoms. The maximum atomic E-state index is 12.9. The molecule has 3 heterocycles. The maximum Gasteiger partial charge on any atom is 0.225 e. The van der Waals surface area contributed by atoms with E-state index in [0.717, 1.165) is 43.9 Å². The van der Waals surface area contributed by atoms with Crippen molar-refractivity contribution < 1.29 is 9.53 Å². The highest BCUT2D eigenvalue weighted by Gasteiger charge is 2.44. The van der Waals surface area contributed by atoms with Crippen molar-refractivity contribution in [1.29, 1.82) is 0 Å². The van der Waals surface area contributed by atoms with E-state index < -0.39 is 0 Å². The van der Waals surface area contributed by atoms with Gasteiger partial charge in [0, 0.05) is 31.7 Å². The van der Waals surface area contributed by atoms with Gasteiger partial charge in [-0.05, 0) is 38.3 Å². The highest BCUT2D eigenvalue weighted by molar-refractivity contribution is 5.80. The molecule has 1 aromatic heterocycles. The Morgan fingerprint density at radius 2 is 2.04 bits per heavy atom. The minimum absolute atomic E-state index is 0.0186. The Labute approximate surface area is 143 Å². The van der Waals surface area contributed by atoms with Crippen LogP contribution >= 0.6 is 0 Å². The van der Waals surface area contributed by atoms with E-state index in [0.29, 0.717) is 18.5 Å². The first-order valence-electron chi connectivity index (χ1n) is 9.18. The summed E-state index contributed by atoms with van der Waals surface area (Å²) < 4.78 is 5.91. The number of anilines is 1. The molecule has 24 heavy (non-hydrogen) atoms. The quantitative estimate of drug-likeness (QED) is 0.913. The second-order valence-corrected chi connectivity index (χ2v) is 7.40. The number of hydrogen-bond donors (Lipinski definition) is 1. The van der Waals surface area contributed by atoms with E-state index in [9.17, 15) is 4.79 Å². The van der Waals surface area contributed by atoms with Crippen molar-refractivity contribution in [3.8, 4) is 0 Å². The minimum Gasteiger partial charge on any atom is -0.376 e. The van der Waals surface area contributed by atoms with E-state index in [-0.39, 0.29) is 17.9 Å². The molecule has 3 fully saturated rings. The zero-order chi connectivity index (χ0) is 16.5. The van der Waals surface area contributed by atoms with Crippen LogP contribution in [0.25, 0.3) is 0 Å². The van der Waals surface area contributed by atoms with Gasteiger partial charge in [0.15, 0.2) is 5.82 Å². The second-order valence-electron chi connectivity index (χ2n) is 7.40. The second kappa shape index (κ2) is 6.67. The number of piperidine rings is 1. The van der Waals surface area contributed by atoms with Gasteiger partial charge in [-0.2, -0.15) is 5.10 Å². The molecule has 1 aromatic rings. The fourth-order valence-corrected chi connectivity index (χ4v) is 4.38. The third kappa shape index (κ3) is 3.11. The molecule has 1 amide bonds. The smallest absolute Gasteiger partial charge is 0.225 e. The van der Waals surface area contributed by atoms with Gasteiger partial charge in [-0.25, -0.2) is 0 Å². The van der Waals surface area contributed by atoms with Gasteiger partial charge in [0.05, 0.1) is 17.7 Å². The third-order valence-electron chi connectivity index (χ3n) is 5.74. The summed E-state index contributed by atoms with van der Waals surface area (Å²) >= 11 is 0. The van der Waals surface area contributed by atoms with Crippen LogP contribution in [0, 0.1) is 18.8 Å². The summed E-state index contributed by atoms with van der Waals surface area (Å²) in [6, 6.07) is 4.33. The van der Waals surface area contributed by atoms with Gasteiger partial charge < -0.3 is 15.0 Å². The number of ether oxygens (including phenoxy) is 1. The van der Waals surface area contributed by atoms with Crippen molar-refractivity contribution in [3.05, 3.63) is 17.8 Å². The number of amides is 1. The first-order valence-corrected chi connectivity index (χ1v) is 9.18. The molecule has 3 atom stereocenters. The molecule has 0 radical (unpaired) electrons. The van der Waals surface area contributed by atoms with Crippen molar-refractivity contribution in [1.82, 2.24) is 15.5 Å². The van der Waals surface area contributed by atoms with E-state index in [2.05, 4.69) is 20.4 Å². The van der Waals surface area contributed by atoms with E-state index in [1.807, 2.05) is 19.1 Å². The summed E-state index contributed by atoms with van der Waals surface area (Å²) in [4.78, 5) is 15.1. The van der Waals surface area contributed by atoms with Crippen molar-refractivity contribution in [2.24, 2.45) is 11.8 Å². The number of fused-ring (bicyclic) bond motifs is 1. The summed E-state index contributed by atoms with van der Waals surface area (Å²) in [6.45, 7) is 4.20. The Balaban J connectivity index is 1.50. The van der Waals surface area contributed by atoms with Crippen LogP contribution < -0.4 is 10.2 Å². The van der Waals surface area contributed by atoms with Crippen molar-refractivity contribution >= 4 is 11.7 Å². The van der Waals surface area contributed by atoms with Crippen LogP contribution in [-0.4, -0.2) is 47.9 Å². The highest BCUT2D eigenvalue weighted by Crippen LogP contribution is 2.35. The lowest BCUT2D eigenvalue weighted by molar-refractivity contribution is -0.128. The Morgan fingerprint density at radius 1 is 1.21 bits per heavy atom. The Kier molecular flexibility index (Phi) is 4.39. The van der Waals surface area contributed by atoms with E-state index >= 15 is 0 Å². The van der Waals surface area contributed by atoms with Crippen molar-refractivity contribution in [3.63, 3.8) is 0 Å². The number of nitrogens with zero attached hydrogens (tertiary/aromatic N) is 3.